The van der Waals surface area contributed by atoms with Crippen LogP contribution in [0, 0.1) is 5.39 Å². The van der Waals surface area contributed by atoms with Gasteiger partial charge in [-0.15, -0.1) is 0 Å². The lowest BCUT2D eigenvalue weighted by atomic mass is 10.1. The predicted molar refractivity (Wildman–Crippen MR) is 68.7 cm³/mol. The Morgan fingerprint density at radius 1 is 0.900 bits per heavy atom. The van der Waals surface area contributed by atoms with Crippen molar-refractivity contribution in [3.63, 3.8) is 0 Å². The summed E-state index contributed by atoms with van der Waals surface area (Å²) < 4.78 is 44.6. The van der Waals surface area contributed by atoms with Crippen molar-refractivity contribution in [1.82, 2.24) is 0 Å². The molecule has 3 aromatic rings. The first-order valence-corrected chi connectivity index (χ1v) is 5.52. The van der Waals surface area contributed by atoms with Crippen LogP contribution >= 0.6 is 0 Å². The number of rotatable bonds is 0. The average molecular weight is 282 g/mol. The molecule has 102 valence electrons. The van der Waals surface area contributed by atoms with Crippen LogP contribution in [0.1, 0.15) is 0 Å². The van der Waals surface area contributed by atoms with Gasteiger partial charge in [0.2, 0.25) is 5.39 Å². The summed E-state index contributed by atoms with van der Waals surface area (Å²) >= 11 is 0. The van der Waals surface area contributed by atoms with Crippen molar-refractivity contribution < 1.29 is 21.7 Å². The zero-order valence-corrected chi connectivity index (χ0v) is 9.93. The van der Waals surface area contributed by atoms with Crippen molar-refractivity contribution in [3.05, 3.63) is 47.4 Å². The summed E-state index contributed by atoms with van der Waals surface area (Å²) in [6.45, 7) is 0. The smallest absolute Gasteiger partial charge is 0.456 e. The summed E-state index contributed by atoms with van der Waals surface area (Å²) in [5, 5.41) is 10.8. The van der Waals surface area contributed by atoms with Crippen LogP contribution < -0.4 is 0 Å². The molecular weight excluding hydrogens is 275 g/mol. The molecule has 3 rings (SSSR count). The lowest BCUT2D eigenvalue weighted by molar-refractivity contribution is 0.368. The SMILES string of the molecule is F[B-](F)(F)F.N#[N+]c1ccc2c(c1)oc1ccccc12. The Morgan fingerprint density at radius 3 is 2.15 bits per heavy atom. The Balaban J connectivity index is 0.000000257. The topological polar surface area (TPSA) is 41.3 Å². The van der Waals surface area contributed by atoms with Gasteiger partial charge in [0.1, 0.15) is 11.2 Å². The Hall–Kier alpha value is -2.56. The zero-order chi connectivity index (χ0) is 14.8. The highest BCUT2D eigenvalue weighted by molar-refractivity contribution is 6.50. The molecule has 0 aliphatic carbocycles. The van der Waals surface area contributed by atoms with E-state index in [1.54, 1.807) is 12.1 Å². The van der Waals surface area contributed by atoms with E-state index < -0.39 is 7.25 Å². The number of diazo groups is 1. The van der Waals surface area contributed by atoms with Gasteiger partial charge in [-0.05, 0) is 12.1 Å². The molecule has 8 heteroatoms. The number of furan rings is 1. The van der Waals surface area contributed by atoms with Crippen LogP contribution in [0.3, 0.4) is 0 Å². The standard InChI is InChI=1S/C12H7N2O.BF4/c13-14-8-5-6-10-9-3-1-2-4-11(9)15-12(10)7-8;2-1(3,4)5/h1-7H;/q+1;-1. The molecule has 0 aliphatic heterocycles. The molecule has 0 saturated carbocycles. The second kappa shape index (κ2) is 5.21. The van der Waals surface area contributed by atoms with Gasteiger partial charge in [-0.3, -0.25) is 0 Å². The van der Waals surface area contributed by atoms with E-state index in [0.717, 1.165) is 21.9 Å². The number of nitrogens with zero attached hydrogens (tertiary/aromatic N) is 2. The van der Waals surface area contributed by atoms with Crippen LogP contribution in [-0.2, 0) is 0 Å². The fourth-order valence-electron chi connectivity index (χ4n) is 1.78. The summed E-state index contributed by atoms with van der Waals surface area (Å²) in [6.07, 6.45) is 0. The summed E-state index contributed by atoms with van der Waals surface area (Å²) in [4.78, 5) is 3.13. The average Bonchev–Trinajstić information content (AvgIpc) is 2.74. The molecule has 3 nitrogen and oxygen atoms in total. The molecule has 0 amide bonds. The lowest BCUT2D eigenvalue weighted by Gasteiger charge is -1.94. The minimum Gasteiger partial charge on any atom is -0.456 e. The van der Waals surface area contributed by atoms with Gasteiger partial charge in [-0.2, -0.15) is 0 Å². The van der Waals surface area contributed by atoms with Gasteiger partial charge in [-0.1, -0.05) is 18.2 Å². The molecule has 0 fully saturated rings. The van der Waals surface area contributed by atoms with Crippen LogP contribution in [0.25, 0.3) is 26.9 Å². The highest BCUT2D eigenvalue weighted by Gasteiger charge is 2.20. The second-order valence-electron chi connectivity index (χ2n) is 3.87. The molecule has 2 aromatic carbocycles. The van der Waals surface area contributed by atoms with E-state index in [1.165, 1.54) is 0 Å². The highest BCUT2D eigenvalue weighted by Crippen LogP contribution is 2.30. The highest BCUT2D eigenvalue weighted by atomic mass is 19.5. The van der Waals surface area contributed by atoms with Crippen LogP contribution in [0.2, 0.25) is 0 Å². The Kier molecular flexibility index (Phi) is 3.61. The van der Waals surface area contributed by atoms with Crippen molar-refractivity contribution in [1.29, 1.82) is 5.39 Å². The minimum atomic E-state index is -6.00. The Labute approximate surface area is 110 Å². The molecule has 0 aliphatic rings. The molecule has 0 atom stereocenters. The molecule has 0 bridgehead atoms. The van der Waals surface area contributed by atoms with E-state index >= 15 is 0 Å². The number of para-hydroxylation sites is 1. The Morgan fingerprint density at radius 2 is 1.50 bits per heavy atom. The largest absolute Gasteiger partial charge is 0.673 e. The lowest BCUT2D eigenvalue weighted by Crippen LogP contribution is -2.02. The summed E-state index contributed by atoms with van der Waals surface area (Å²) in [5.74, 6) is 0. The molecule has 0 unspecified atom stereocenters. The van der Waals surface area contributed by atoms with Gasteiger partial charge in [-0.25, -0.2) is 0 Å². The van der Waals surface area contributed by atoms with E-state index in [-0.39, 0.29) is 0 Å². The summed E-state index contributed by atoms with van der Waals surface area (Å²) in [5.41, 5.74) is 2.09. The number of hydrogen-bond acceptors (Lipinski definition) is 2. The first-order valence-electron chi connectivity index (χ1n) is 5.52. The third kappa shape index (κ3) is 3.26. The van der Waals surface area contributed by atoms with Crippen LogP contribution in [0.15, 0.2) is 46.9 Å². The molecule has 1 aromatic heterocycles. The molecular formula is C12H7BF4N2O. The van der Waals surface area contributed by atoms with Crippen molar-refractivity contribution >= 4 is 34.9 Å². The number of hydrogen-bond donors (Lipinski definition) is 0. The van der Waals surface area contributed by atoms with Crippen LogP contribution in [0.4, 0.5) is 23.0 Å². The zero-order valence-electron chi connectivity index (χ0n) is 9.93. The van der Waals surface area contributed by atoms with Gasteiger partial charge in [0.25, 0.3) is 0 Å². The third-order valence-electron chi connectivity index (χ3n) is 2.48. The molecule has 1 heterocycles. The minimum absolute atomic E-state index is 0.501. The Bertz CT molecular complexity index is 785. The van der Waals surface area contributed by atoms with E-state index in [4.69, 9.17) is 9.81 Å². The fourth-order valence-corrected chi connectivity index (χ4v) is 1.78. The molecule has 0 spiro atoms. The summed E-state index contributed by atoms with van der Waals surface area (Å²) in [7, 11) is -6.00. The molecule has 0 radical (unpaired) electrons. The van der Waals surface area contributed by atoms with E-state index in [0.29, 0.717) is 5.69 Å². The monoisotopic (exact) mass is 282 g/mol. The maximum atomic E-state index is 9.75. The van der Waals surface area contributed by atoms with Crippen LogP contribution in [-0.4, -0.2) is 7.25 Å². The molecule has 20 heavy (non-hydrogen) atoms. The van der Waals surface area contributed by atoms with Gasteiger partial charge < -0.3 is 21.7 Å². The van der Waals surface area contributed by atoms with Crippen molar-refractivity contribution in [2.45, 2.75) is 0 Å². The molecule has 0 N–H and O–H groups in total. The van der Waals surface area contributed by atoms with E-state index in [1.807, 2.05) is 30.3 Å². The van der Waals surface area contributed by atoms with Crippen molar-refractivity contribution in [3.8, 4) is 0 Å². The fraction of sp³-hybridized carbons (Fsp3) is 0. The normalized spacial score (nSPS) is 10.9. The summed E-state index contributed by atoms with van der Waals surface area (Å²) in [6, 6.07) is 13.2. The van der Waals surface area contributed by atoms with Gasteiger partial charge in [0, 0.05) is 16.8 Å². The maximum Gasteiger partial charge on any atom is 0.673 e. The molecule has 0 saturated heterocycles. The number of benzene rings is 2. The van der Waals surface area contributed by atoms with Gasteiger partial charge in [0.05, 0.1) is 6.07 Å². The third-order valence-corrected chi connectivity index (χ3v) is 2.48. The van der Waals surface area contributed by atoms with Gasteiger partial charge >= 0.3 is 12.9 Å². The van der Waals surface area contributed by atoms with E-state index in [2.05, 4.69) is 4.98 Å². The second-order valence-corrected chi connectivity index (χ2v) is 3.87. The maximum absolute atomic E-state index is 9.75. The number of fused-ring (bicyclic) bond motifs is 3. The van der Waals surface area contributed by atoms with Gasteiger partial charge in [0.15, 0.2) is 4.98 Å². The quantitative estimate of drug-likeness (QED) is 0.316. The van der Waals surface area contributed by atoms with Crippen molar-refractivity contribution in [2.24, 2.45) is 0 Å². The van der Waals surface area contributed by atoms with E-state index in [9.17, 15) is 17.3 Å². The first-order chi connectivity index (χ1) is 9.38. The van der Waals surface area contributed by atoms with Crippen LogP contribution in [0.5, 0.6) is 0 Å². The van der Waals surface area contributed by atoms with Crippen molar-refractivity contribution in [2.75, 3.05) is 0 Å². The number of halogens is 4. The first kappa shape index (κ1) is 13.9. The predicted octanol–water partition coefficient (Wildman–Crippen LogP) is 5.37.